The number of carbonyl (C=O) groups excluding carboxylic acids is 1. The molecule has 0 aromatic carbocycles. The third-order valence-corrected chi connectivity index (χ3v) is 4.37. The van der Waals surface area contributed by atoms with Gasteiger partial charge < -0.3 is 15.1 Å². The van der Waals surface area contributed by atoms with Gasteiger partial charge in [0.1, 0.15) is 11.5 Å². The first kappa shape index (κ1) is 14.1. The largest absolute Gasteiger partial charge is 0.466 e. The average molecular weight is 264 g/mol. The van der Waals surface area contributed by atoms with Gasteiger partial charge in [-0.3, -0.25) is 4.79 Å². The smallest absolute Gasteiger partial charge is 0.257 e. The third kappa shape index (κ3) is 2.54. The van der Waals surface area contributed by atoms with Crippen molar-refractivity contribution in [1.29, 1.82) is 0 Å². The maximum atomic E-state index is 12.7. The lowest BCUT2D eigenvalue weighted by molar-refractivity contribution is 0.0670. The summed E-state index contributed by atoms with van der Waals surface area (Å²) in [6.45, 7) is 5.68. The summed E-state index contributed by atoms with van der Waals surface area (Å²) in [4.78, 5) is 14.5. The number of nitrogens with two attached hydrogens (primary N) is 1. The van der Waals surface area contributed by atoms with Crippen LogP contribution in [0.1, 0.15) is 53.1 Å². The number of carbonyl (C=O) groups is 1. The molecule has 4 heteroatoms. The fraction of sp³-hybridized carbons (Fsp3) is 0.667. The number of rotatable bonds is 2. The Morgan fingerprint density at radius 1 is 1.21 bits per heavy atom. The second-order valence-corrected chi connectivity index (χ2v) is 5.65. The molecule has 2 N–H and O–H groups in total. The average Bonchev–Trinajstić information content (AvgIpc) is 2.62. The van der Waals surface area contributed by atoms with Crippen LogP contribution in [0.3, 0.4) is 0 Å². The molecule has 0 aliphatic heterocycles. The van der Waals surface area contributed by atoms with Gasteiger partial charge in [0, 0.05) is 24.7 Å². The molecule has 0 radical (unpaired) electrons. The van der Waals surface area contributed by atoms with E-state index in [0.29, 0.717) is 11.3 Å². The number of hydrogen-bond acceptors (Lipinski definition) is 3. The highest BCUT2D eigenvalue weighted by Crippen LogP contribution is 2.26. The molecule has 1 amide bonds. The summed E-state index contributed by atoms with van der Waals surface area (Å²) in [6.07, 6.45) is 4.32. The van der Waals surface area contributed by atoms with Gasteiger partial charge in [-0.05, 0) is 33.6 Å². The predicted octanol–water partition coefficient (Wildman–Crippen LogP) is 2.55. The highest BCUT2D eigenvalue weighted by molar-refractivity contribution is 5.97. The van der Waals surface area contributed by atoms with Crippen molar-refractivity contribution in [1.82, 2.24) is 4.90 Å². The van der Waals surface area contributed by atoms with Gasteiger partial charge in [0.15, 0.2) is 0 Å². The van der Waals surface area contributed by atoms with E-state index < -0.39 is 0 Å². The Balaban J connectivity index is 2.23. The van der Waals surface area contributed by atoms with Crippen LogP contribution in [0.15, 0.2) is 4.42 Å². The van der Waals surface area contributed by atoms with Crippen LogP contribution in [-0.4, -0.2) is 29.9 Å². The Bertz CT molecular complexity index is 479. The van der Waals surface area contributed by atoms with Gasteiger partial charge in [0.25, 0.3) is 5.91 Å². The molecule has 1 fully saturated rings. The van der Waals surface area contributed by atoms with Crippen LogP contribution in [0.4, 0.5) is 0 Å². The maximum absolute atomic E-state index is 12.7. The van der Waals surface area contributed by atoms with Gasteiger partial charge in [0.05, 0.1) is 5.56 Å². The summed E-state index contributed by atoms with van der Waals surface area (Å²) < 4.78 is 5.55. The van der Waals surface area contributed by atoms with E-state index in [4.69, 9.17) is 10.2 Å². The summed E-state index contributed by atoms with van der Waals surface area (Å²) in [7, 11) is 1.86. The molecule has 2 atom stereocenters. The van der Waals surface area contributed by atoms with Crippen LogP contribution in [-0.2, 0) is 0 Å². The molecule has 2 rings (SSSR count). The molecule has 0 bridgehead atoms. The quantitative estimate of drug-likeness (QED) is 0.893. The Hall–Kier alpha value is -1.29. The zero-order valence-electron chi connectivity index (χ0n) is 12.3. The summed E-state index contributed by atoms with van der Waals surface area (Å²) in [6, 6.07) is 0.242. The second kappa shape index (κ2) is 5.37. The minimum absolute atomic E-state index is 0.0363. The van der Waals surface area contributed by atoms with Crippen LogP contribution < -0.4 is 5.73 Å². The minimum Gasteiger partial charge on any atom is -0.466 e. The summed E-state index contributed by atoms with van der Waals surface area (Å²) in [5.41, 5.74) is 7.81. The highest BCUT2D eigenvalue weighted by atomic mass is 16.3. The lowest BCUT2D eigenvalue weighted by Gasteiger charge is -2.36. The second-order valence-electron chi connectivity index (χ2n) is 5.65. The topological polar surface area (TPSA) is 59.5 Å². The molecule has 0 spiro atoms. The maximum Gasteiger partial charge on any atom is 0.257 e. The van der Waals surface area contributed by atoms with Crippen LogP contribution >= 0.6 is 0 Å². The number of nitrogens with zero attached hydrogens (tertiary/aromatic N) is 1. The van der Waals surface area contributed by atoms with Crippen molar-refractivity contribution in [3.8, 4) is 0 Å². The standard InChI is InChI=1S/C15H24N2O2/c1-9-10(2)19-11(3)14(9)15(18)17(4)13-8-6-5-7-12(13)16/h12-13H,5-8,16H2,1-4H3. The Morgan fingerprint density at radius 3 is 2.37 bits per heavy atom. The lowest BCUT2D eigenvalue weighted by atomic mass is 9.89. The number of hydrogen-bond donors (Lipinski definition) is 1. The first-order chi connectivity index (χ1) is 8.93. The number of amides is 1. The zero-order valence-corrected chi connectivity index (χ0v) is 12.3. The molecular weight excluding hydrogens is 240 g/mol. The van der Waals surface area contributed by atoms with E-state index in [1.54, 1.807) is 0 Å². The highest BCUT2D eigenvalue weighted by Gasteiger charge is 2.31. The molecule has 1 aliphatic carbocycles. The molecule has 1 aliphatic rings. The molecule has 106 valence electrons. The van der Waals surface area contributed by atoms with Crippen molar-refractivity contribution in [3.05, 3.63) is 22.6 Å². The fourth-order valence-electron chi connectivity index (χ4n) is 3.06. The number of likely N-dealkylation sites (N-methyl/N-ethyl adjacent to an activating group) is 1. The van der Waals surface area contributed by atoms with Crippen molar-refractivity contribution in [2.75, 3.05) is 7.05 Å². The third-order valence-electron chi connectivity index (χ3n) is 4.37. The Morgan fingerprint density at radius 2 is 1.84 bits per heavy atom. The van der Waals surface area contributed by atoms with Gasteiger partial charge in [-0.15, -0.1) is 0 Å². The van der Waals surface area contributed by atoms with Gasteiger partial charge in [-0.1, -0.05) is 12.8 Å². The van der Waals surface area contributed by atoms with Gasteiger partial charge in [-0.25, -0.2) is 0 Å². The van der Waals surface area contributed by atoms with Crippen molar-refractivity contribution < 1.29 is 9.21 Å². The molecule has 2 unspecified atom stereocenters. The molecule has 1 aromatic rings. The molecule has 0 saturated heterocycles. The lowest BCUT2D eigenvalue weighted by Crippen LogP contribution is -2.50. The Kier molecular flexibility index (Phi) is 3.99. The summed E-state index contributed by atoms with van der Waals surface area (Å²) in [5, 5.41) is 0. The normalized spacial score (nSPS) is 23.4. The SMILES string of the molecule is Cc1oc(C)c(C(=O)N(C)C2CCCCC2N)c1C. The van der Waals surface area contributed by atoms with Crippen molar-refractivity contribution in [3.63, 3.8) is 0 Å². The molecule has 1 heterocycles. The van der Waals surface area contributed by atoms with Crippen LogP contribution in [0, 0.1) is 20.8 Å². The van der Waals surface area contributed by atoms with E-state index in [2.05, 4.69) is 0 Å². The number of aryl methyl sites for hydroxylation is 2. The van der Waals surface area contributed by atoms with Crippen molar-refractivity contribution >= 4 is 5.91 Å². The fourth-order valence-corrected chi connectivity index (χ4v) is 3.06. The first-order valence-corrected chi connectivity index (χ1v) is 7.02. The van der Waals surface area contributed by atoms with E-state index in [-0.39, 0.29) is 18.0 Å². The van der Waals surface area contributed by atoms with Gasteiger partial charge >= 0.3 is 0 Å². The summed E-state index contributed by atoms with van der Waals surface area (Å²) >= 11 is 0. The summed E-state index contributed by atoms with van der Waals surface area (Å²) in [5.74, 6) is 1.56. The van der Waals surface area contributed by atoms with Crippen molar-refractivity contribution in [2.24, 2.45) is 5.73 Å². The molecule has 1 aromatic heterocycles. The predicted molar refractivity (Wildman–Crippen MR) is 75.2 cm³/mol. The van der Waals surface area contributed by atoms with Crippen LogP contribution in [0.25, 0.3) is 0 Å². The molecule has 19 heavy (non-hydrogen) atoms. The molecular formula is C15H24N2O2. The van der Waals surface area contributed by atoms with E-state index in [0.717, 1.165) is 30.6 Å². The zero-order chi connectivity index (χ0) is 14.2. The van der Waals surface area contributed by atoms with Crippen LogP contribution in [0.5, 0.6) is 0 Å². The van der Waals surface area contributed by atoms with E-state index >= 15 is 0 Å². The van der Waals surface area contributed by atoms with Gasteiger partial charge in [-0.2, -0.15) is 0 Å². The molecule has 1 saturated carbocycles. The van der Waals surface area contributed by atoms with E-state index in [1.807, 2.05) is 32.7 Å². The van der Waals surface area contributed by atoms with E-state index in [1.165, 1.54) is 6.42 Å². The molecule has 4 nitrogen and oxygen atoms in total. The first-order valence-electron chi connectivity index (χ1n) is 7.02. The number of furan rings is 1. The Labute approximate surface area is 114 Å². The monoisotopic (exact) mass is 264 g/mol. The van der Waals surface area contributed by atoms with Gasteiger partial charge in [0.2, 0.25) is 0 Å². The van der Waals surface area contributed by atoms with Crippen LogP contribution in [0.2, 0.25) is 0 Å². The minimum atomic E-state index is 0.0363. The van der Waals surface area contributed by atoms with Crippen molar-refractivity contribution in [2.45, 2.75) is 58.5 Å². The van der Waals surface area contributed by atoms with E-state index in [9.17, 15) is 4.79 Å².